The number of carbonyl (C=O) groups is 2. The maximum atomic E-state index is 11.7. The Morgan fingerprint density at radius 2 is 2.28 bits per heavy atom. The van der Waals surface area contributed by atoms with Crippen molar-refractivity contribution in [2.75, 3.05) is 13.2 Å². The molecule has 0 aromatic rings. The van der Waals surface area contributed by atoms with Crippen molar-refractivity contribution in [2.45, 2.75) is 31.8 Å². The summed E-state index contributed by atoms with van der Waals surface area (Å²) in [5.41, 5.74) is 0.367. The zero-order valence-corrected chi connectivity index (χ0v) is 10.3. The molecule has 1 atom stereocenters. The molecule has 0 radical (unpaired) electrons. The molecule has 1 N–H and O–H groups in total. The third kappa shape index (κ3) is 4.81. The van der Waals surface area contributed by atoms with Gasteiger partial charge in [0.1, 0.15) is 0 Å². The van der Waals surface area contributed by atoms with E-state index in [4.69, 9.17) is 9.84 Å². The normalized spacial score (nSPS) is 19.6. The van der Waals surface area contributed by atoms with E-state index in [9.17, 15) is 9.59 Å². The number of hydrogen-bond acceptors (Lipinski definition) is 5. The number of hydrogen-bond donors (Lipinski definition) is 1. The quantitative estimate of drug-likeness (QED) is 0.437. The van der Waals surface area contributed by atoms with E-state index in [-0.39, 0.29) is 12.7 Å². The van der Waals surface area contributed by atoms with Crippen LogP contribution < -0.4 is 0 Å². The van der Waals surface area contributed by atoms with Gasteiger partial charge in [-0.2, -0.15) is 0 Å². The average Bonchev–Trinajstić information content (AvgIpc) is 2.86. The summed E-state index contributed by atoms with van der Waals surface area (Å²) in [6.45, 7) is 3.86. The summed E-state index contributed by atoms with van der Waals surface area (Å²) in [7, 11) is 0. The number of esters is 2. The molecular formula is C13H18O5. The van der Waals surface area contributed by atoms with Crippen LogP contribution in [0.3, 0.4) is 0 Å². The highest BCUT2D eigenvalue weighted by atomic mass is 16.6. The van der Waals surface area contributed by atoms with Crippen LogP contribution >= 0.6 is 0 Å². The van der Waals surface area contributed by atoms with Crippen LogP contribution in [0.5, 0.6) is 0 Å². The second-order valence-corrected chi connectivity index (χ2v) is 3.99. The van der Waals surface area contributed by atoms with Crippen LogP contribution in [0.1, 0.15) is 25.7 Å². The Morgan fingerprint density at radius 3 is 2.83 bits per heavy atom. The van der Waals surface area contributed by atoms with E-state index in [1.165, 1.54) is 0 Å². The van der Waals surface area contributed by atoms with Gasteiger partial charge in [0, 0.05) is 31.3 Å². The van der Waals surface area contributed by atoms with Crippen molar-refractivity contribution in [2.24, 2.45) is 0 Å². The van der Waals surface area contributed by atoms with Gasteiger partial charge in [0.2, 0.25) is 0 Å². The van der Waals surface area contributed by atoms with Gasteiger partial charge in [-0.3, -0.25) is 0 Å². The van der Waals surface area contributed by atoms with Crippen LogP contribution in [0.2, 0.25) is 0 Å². The summed E-state index contributed by atoms with van der Waals surface area (Å²) >= 11 is 0. The first-order chi connectivity index (χ1) is 8.67. The molecule has 1 heterocycles. The maximum Gasteiger partial charge on any atom is 0.341 e. The van der Waals surface area contributed by atoms with Crippen LogP contribution in [0.15, 0.2) is 24.3 Å². The zero-order valence-electron chi connectivity index (χ0n) is 10.3. The van der Waals surface area contributed by atoms with Crippen LogP contribution in [-0.2, 0) is 19.1 Å². The number of carbonyl (C=O) groups excluding carboxylic acids is 2. The van der Waals surface area contributed by atoms with Crippen molar-refractivity contribution < 1.29 is 24.2 Å². The van der Waals surface area contributed by atoms with E-state index in [1.54, 1.807) is 6.08 Å². The summed E-state index contributed by atoms with van der Waals surface area (Å²) in [4.78, 5) is 22.7. The van der Waals surface area contributed by atoms with Gasteiger partial charge in [0.05, 0.1) is 6.10 Å². The van der Waals surface area contributed by atoms with E-state index in [0.29, 0.717) is 25.0 Å². The highest BCUT2D eigenvalue weighted by Crippen LogP contribution is 2.20. The summed E-state index contributed by atoms with van der Waals surface area (Å²) in [6.07, 6.45) is 5.12. The Kier molecular flexibility index (Phi) is 6.32. The molecule has 1 aliphatic rings. The molecule has 18 heavy (non-hydrogen) atoms. The minimum atomic E-state index is -0.776. The van der Waals surface area contributed by atoms with Gasteiger partial charge < -0.3 is 14.6 Å². The molecule has 0 aliphatic carbocycles. The topological polar surface area (TPSA) is 72.8 Å². The minimum absolute atomic E-state index is 0.0127. The van der Waals surface area contributed by atoms with Crippen molar-refractivity contribution >= 4 is 11.9 Å². The van der Waals surface area contributed by atoms with E-state index >= 15 is 0 Å². The van der Waals surface area contributed by atoms with Crippen molar-refractivity contribution in [1.82, 2.24) is 0 Å². The summed E-state index contributed by atoms with van der Waals surface area (Å²) in [5, 5.41) is 8.77. The van der Waals surface area contributed by atoms with Crippen LogP contribution in [0.25, 0.3) is 0 Å². The first-order valence-corrected chi connectivity index (χ1v) is 5.97. The predicted octanol–water partition coefficient (Wildman–Crippen LogP) is 1.12. The molecular weight excluding hydrogens is 236 g/mol. The minimum Gasteiger partial charge on any atom is -0.396 e. The molecule has 1 fully saturated rings. The number of aliphatic hydroxyl groups excluding tert-OH is 1. The molecule has 0 saturated carbocycles. The molecule has 1 unspecified atom stereocenters. The molecule has 0 bridgehead atoms. The Bertz CT molecular complexity index is 339. The smallest absolute Gasteiger partial charge is 0.341 e. The van der Waals surface area contributed by atoms with E-state index in [2.05, 4.69) is 11.3 Å². The fourth-order valence-corrected chi connectivity index (χ4v) is 1.74. The Balaban J connectivity index is 2.61. The van der Waals surface area contributed by atoms with Crippen molar-refractivity contribution in [1.29, 1.82) is 0 Å². The largest absolute Gasteiger partial charge is 0.396 e. The average molecular weight is 254 g/mol. The van der Waals surface area contributed by atoms with Crippen LogP contribution in [0, 0.1) is 0 Å². The highest BCUT2D eigenvalue weighted by Gasteiger charge is 2.22. The lowest BCUT2D eigenvalue weighted by Crippen LogP contribution is -2.17. The molecule has 1 aliphatic heterocycles. The molecule has 0 amide bonds. The van der Waals surface area contributed by atoms with E-state index < -0.39 is 11.9 Å². The lowest BCUT2D eigenvalue weighted by molar-refractivity contribution is -0.153. The predicted molar refractivity (Wildman–Crippen MR) is 64.7 cm³/mol. The van der Waals surface area contributed by atoms with Gasteiger partial charge in [-0.1, -0.05) is 12.7 Å². The highest BCUT2D eigenvalue weighted by molar-refractivity contribution is 5.99. The third-order valence-corrected chi connectivity index (χ3v) is 2.61. The van der Waals surface area contributed by atoms with Crippen LogP contribution in [-0.4, -0.2) is 36.4 Å². The zero-order chi connectivity index (χ0) is 13.4. The number of ether oxygens (including phenoxy) is 2. The fourth-order valence-electron chi connectivity index (χ4n) is 1.74. The second kappa shape index (κ2) is 7.79. The van der Waals surface area contributed by atoms with Crippen LogP contribution in [0.4, 0.5) is 0 Å². The molecule has 5 nitrogen and oxygen atoms in total. The van der Waals surface area contributed by atoms with Gasteiger partial charge in [-0.05, 0) is 19.3 Å². The third-order valence-electron chi connectivity index (χ3n) is 2.61. The summed E-state index contributed by atoms with van der Waals surface area (Å²) in [6, 6.07) is 0. The molecule has 1 saturated heterocycles. The van der Waals surface area contributed by atoms with Gasteiger partial charge in [0.15, 0.2) is 0 Å². The first-order valence-electron chi connectivity index (χ1n) is 5.97. The van der Waals surface area contributed by atoms with Gasteiger partial charge in [-0.25, -0.2) is 9.59 Å². The Morgan fingerprint density at radius 1 is 1.50 bits per heavy atom. The van der Waals surface area contributed by atoms with E-state index in [0.717, 1.165) is 18.9 Å². The molecule has 0 aromatic carbocycles. The number of aliphatic hydroxyl groups is 1. The van der Waals surface area contributed by atoms with Crippen molar-refractivity contribution in [3.8, 4) is 0 Å². The molecule has 0 spiro atoms. The summed E-state index contributed by atoms with van der Waals surface area (Å²) in [5.74, 6) is -1.47. The lowest BCUT2D eigenvalue weighted by Gasteiger charge is -2.11. The standard InChI is InChI=1S/C13H18O5/c1-2-12(15)18-13(16)10(5-3-7-14)9-11-6-4-8-17-11/h2,5,11,14H,1,3-4,6-9H2. The molecule has 100 valence electrons. The fraction of sp³-hybridized carbons (Fsp3) is 0.538. The van der Waals surface area contributed by atoms with Crippen molar-refractivity contribution in [3.05, 3.63) is 24.3 Å². The van der Waals surface area contributed by atoms with Gasteiger partial charge >= 0.3 is 11.9 Å². The SMILES string of the molecule is C=CC(=O)OC(=O)C(=CCCO)CC1CCCO1. The lowest BCUT2D eigenvalue weighted by atomic mass is 10.0. The van der Waals surface area contributed by atoms with Crippen molar-refractivity contribution in [3.63, 3.8) is 0 Å². The van der Waals surface area contributed by atoms with Gasteiger partial charge in [-0.15, -0.1) is 0 Å². The van der Waals surface area contributed by atoms with Gasteiger partial charge in [0.25, 0.3) is 0 Å². The van der Waals surface area contributed by atoms with E-state index in [1.807, 2.05) is 0 Å². The monoisotopic (exact) mass is 254 g/mol. The molecule has 5 heteroatoms. The maximum absolute atomic E-state index is 11.7. The Labute approximate surface area is 106 Å². The molecule has 1 rings (SSSR count). The number of rotatable bonds is 6. The Hall–Kier alpha value is -1.46. The summed E-state index contributed by atoms with van der Waals surface area (Å²) < 4.78 is 10.00. The first kappa shape index (κ1) is 14.6. The molecule has 0 aromatic heterocycles. The second-order valence-electron chi connectivity index (χ2n) is 3.99.